The van der Waals surface area contributed by atoms with Crippen molar-refractivity contribution in [1.82, 2.24) is 0 Å². The third kappa shape index (κ3) is 2.65. The van der Waals surface area contributed by atoms with Gasteiger partial charge in [0.1, 0.15) is 5.75 Å². The third-order valence-corrected chi connectivity index (χ3v) is 5.41. The molecule has 1 atom stereocenters. The Labute approximate surface area is 157 Å². The summed E-state index contributed by atoms with van der Waals surface area (Å²) in [6.07, 6.45) is 2.39. The number of ketones is 1. The molecule has 2 aromatic carbocycles. The molecule has 0 bridgehead atoms. The van der Waals surface area contributed by atoms with Crippen molar-refractivity contribution in [1.29, 1.82) is 0 Å². The Morgan fingerprint density at radius 1 is 1.11 bits per heavy atom. The molecule has 0 radical (unpaired) electrons. The highest BCUT2D eigenvalue weighted by Crippen LogP contribution is 2.49. The number of nitrogens with one attached hydrogen (secondary N) is 1. The number of Topliss-reactive ketones (excluding diaryl/α,β-unsaturated/α-hetero) is 1. The Hall–Kier alpha value is -2.95. The molecule has 2 heterocycles. The van der Waals surface area contributed by atoms with Gasteiger partial charge in [-0.05, 0) is 49.1 Å². The van der Waals surface area contributed by atoms with E-state index in [0.717, 1.165) is 58.2 Å². The van der Waals surface area contributed by atoms with E-state index in [0.29, 0.717) is 13.0 Å². The van der Waals surface area contributed by atoms with Gasteiger partial charge in [0.25, 0.3) is 0 Å². The maximum absolute atomic E-state index is 12.8. The van der Waals surface area contributed by atoms with Crippen molar-refractivity contribution in [2.75, 3.05) is 18.7 Å². The number of hydrogen-bond donors (Lipinski definition) is 1. The topological polar surface area (TPSA) is 56.8 Å². The lowest BCUT2D eigenvalue weighted by molar-refractivity contribution is -0.116. The average Bonchev–Trinajstić information content (AvgIpc) is 3.13. The first-order valence-corrected chi connectivity index (χ1v) is 9.44. The molecule has 5 heteroatoms. The lowest BCUT2D eigenvalue weighted by Gasteiger charge is -2.34. The van der Waals surface area contributed by atoms with Crippen LogP contribution in [0.2, 0.25) is 0 Å². The second-order valence-electron chi connectivity index (χ2n) is 7.02. The van der Waals surface area contributed by atoms with Crippen LogP contribution in [-0.2, 0) is 4.79 Å². The van der Waals surface area contributed by atoms with E-state index in [4.69, 9.17) is 14.2 Å². The fourth-order valence-electron chi connectivity index (χ4n) is 4.22. The molecule has 0 fully saturated rings. The molecule has 27 heavy (non-hydrogen) atoms. The van der Waals surface area contributed by atoms with E-state index in [1.54, 1.807) is 0 Å². The number of allylic oxidation sites excluding steroid dienone is 2. The molecule has 5 rings (SSSR count). The van der Waals surface area contributed by atoms with E-state index in [-0.39, 0.29) is 18.5 Å². The zero-order chi connectivity index (χ0) is 18.4. The van der Waals surface area contributed by atoms with Crippen LogP contribution in [0, 0.1) is 0 Å². The number of ether oxygens (including phenoxy) is 3. The molecule has 0 saturated carbocycles. The summed E-state index contributed by atoms with van der Waals surface area (Å²) >= 11 is 0. The zero-order valence-corrected chi connectivity index (χ0v) is 15.2. The Morgan fingerprint density at radius 3 is 2.67 bits per heavy atom. The Balaban J connectivity index is 1.66. The Morgan fingerprint density at radius 2 is 1.89 bits per heavy atom. The highest BCUT2D eigenvalue weighted by molar-refractivity contribution is 6.01. The number of fused-ring (bicyclic) bond motifs is 2. The predicted octanol–water partition coefficient (Wildman–Crippen LogP) is 4.38. The van der Waals surface area contributed by atoms with Gasteiger partial charge in [0.05, 0.1) is 6.61 Å². The summed E-state index contributed by atoms with van der Waals surface area (Å²) in [4.78, 5) is 12.8. The van der Waals surface area contributed by atoms with Crippen molar-refractivity contribution in [3.05, 3.63) is 58.8 Å². The van der Waals surface area contributed by atoms with Crippen LogP contribution in [0.5, 0.6) is 17.2 Å². The van der Waals surface area contributed by atoms with Gasteiger partial charge in [-0.15, -0.1) is 0 Å². The van der Waals surface area contributed by atoms with Crippen LogP contribution in [-0.4, -0.2) is 19.2 Å². The number of carbonyl (C=O) groups is 1. The van der Waals surface area contributed by atoms with Crippen LogP contribution in [0.4, 0.5) is 5.69 Å². The molecule has 0 spiro atoms. The van der Waals surface area contributed by atoms with Gasteiger partial charge in [-0.3, -0.25) is 4.79 Å². The monoisotopic (exact) mass is 363 g/mol. The fourth-order valence-corrected chi connectivity index (χ4v) is 4.22. The first-order valence-electron chi connectivity index (χ1n) is 9.44. The predicted molar refractivity (Wildman–Crippen MR) is 102 cm³/mol. The van der Waals surface area contributed by atoms with E-state index in [1.807, 2.05) is 31.2 Å². The highest BCUT2D eigenvalue weighted by Gasteiger charge is 2.36. The fraction of sp³-hybridized carbons (Fsp3) is 0.318. The van der Waals surface area contributed by atoms with Crippen molar-refractivity contribution < 1.29 is 19.0 Å². The summed E-state index contributed by atoms with van der Waals surface area (Å²) in [5.74, 6) is 2.45. The molecular weight excluding hydrogens is 342 g/mol. The summed E-state index contributed by atoms with van der Waals surface area (Å²) < 4.78 is 16.7. The normalized spacial score (nSPS) is 20.0. The van der Waals surface area contributed by atoms with Crippen LogP contribution in [0.25, 0.3) is 0 Å². The smallest absolute Gasteiger partial charge is 0.231 e. The van der Waals surface area contributed by atoms with Gasteiger partial charge in [-0.2, -0.15) is 0 Å². The van der Waals surface area contributed by atoms with Crippen molar-refractivity contribution in [3.8, 4) is 17.2 Å². The summed E-state index contributed by atoms with van der Waals surface area (Å²) in [7, 11) is 0. The molecule has 0 amide bonds. The highest BCUT2D eigenvalue weighted by atomic mass is 16.7. The standard InChI is InChI=1S/C22H21NO4/c1-2-25-14-8-6-13(7-9-14)21-15-10-19-20(27-12-26-19)11-17(15)23-16-4-3-5-18(24)22(16)21/h6-11,21,23H,2-5,12H2,1H3/t21-/m0/s1. The molecule has 1 N–H and O–H groups in total. The van der Waals surface area contributed by atoms with E-state index >= 15 is 0 Å². The molecular formula is C22H21NO4. The summed E-state index contributed by atoms with van der Waals surface area (Å²) in [5, 5.41) is 3.49. The molecule has 0 saturated heterocycles. The molecule has 3 aliphatic rings. The lowest BCUT2D eigenvalue weighted by Crippen LogP contribution is -2.26. The molecule has 2 aromatic rings. The number of benzene rings is 2. The largest absolute Gasteiger partial charge is 0.494 e. The van der Waals surface area contributed by atoms with Gasteiger partial charge >= 0.3 is 0 Å². The third-order valence-electron chi connectivity index (χ3n) is 5.41. The van der Waals surface area contributed by atoms with Crippen molar-refractivity contribution >= 4 is 11.5 Å². The summed E-state index contributed by atoms with van der Waals surface area (Å²) in [5.41, 5.74) is 5.06. The number of hydrogen-bond acceptors (Lipinski definition) is 5. The van der Waals surface area contributed by atoms with Crippen LogP contribution in [0.3, 0.4) is 0 Å². The van der Waals surface area contributed by atoms with Gasteiger partial charge in [-0.1, -0.05) is 12.1 Å². The van der Waals surface area contributed by atoms with E-state index in [1.165, 1.54) is 0 Å². The van der Waals surface area contributed by atoms with Crippen molar-refractivity contribution in [3.63, 3.8) is 0 Å². The molecule has 0 unspecified atom stereocenters. The Bertz CT molecular complexity index is 946. The number of anilines is 1. The average molecular weight is 363 g/mol. The van der Waals surface area contributed by atoms with E-state index < -0.39 is 0 Å². The SMILES string of the molecule is CCOc1ccc([C@@H]2C3=C(CCCC3=O)Nc3cc4c(cc32)OCO4)cc1. The van der Waals surface area contributed by atoms with Gasteiger partial charge in [0.2, 0.25) is 6.79 Å². The van der Waals surface area contributed by atoms with Gasteiger partial charge in [-0.25, -0.2) is 0 Å². The summed E-state index contributed by atoms with van der Waals surface area (Å²) in [6, 6.07) is 12.1. The minimum absolute atomic E-state index is 0.103. The van der Waals surface area contributed by atoms with E-state index in [9.17, 15) is 4.79 Å². The van der Waals surface area contributed by atoms with Gasteiger partial charge in [0.15, 0.2) is 17.3 Å². The minimum Gasteiger partial charge on any atom is -0.494 e. The number of carbonyl (C=O) groups excluding carboxylic acids is 1. The summed E-state index contributed by atoms with van der Waals surface area (Å²) in [6.45, 7) is 2.84. The first kappa shape index (κ1) is 16.2. The minimum atomic E-state index is -0.103. The zero-order valence-electron chi connectivity index (χ0n) is 15.2. The Kier molecular flexibility index (Phi) is 3.81. The van der Waals surface area contributed by atoms with E-state index in [2.05, 4.69) is 17.4 Å². The van der Waals surface area contributed by atoms with Crippen LogP contribution < -0.4 is 19.5 Å². The number of rotatable bonds is 3. The van der Waals surface area contributed by atoms with Crippen molar-refractivity contribution in [2.45, 2.75) is 32.1 Å². The molecule has 0 aromatic heterocycles. The maximum atomic E-state index is 12.8. The van der Waals surface area contributed by atoms with Crippen molar-refractivity contribution in [2.24, 2.45) is 0 Å². The lowest BCUT2D eigenvalue weighted by atomic mass is 9.75. The first-order chi connectivity index (χ1) is 13.2. The second kappa shape index (κ2) is 6.34. The molecule has 2 aliphatic heterocycles. The quantitative estimate of drug-likeness (QED) is 0.877. The van der Waals surface area contributed by atoms with Crippen LogP contribution >= 0.6 is 0 Å². The van der Waals surface area contributed by atoms with Gasteiger partial charge in [0, 0.05) is 35.4 Å². The van der Waals surface area contributed by atoms with Crippen LogP contribution in [0.1, 0.15) is 43.2 Å². The van der Waals surface area contributed by atoms with Gasteiger partial charge < -0.3 is 19.5 Å². The second-order valence-corrected chi connectivity index (χ2v) is 7.02. The molecule has 5 nitrogen and oxygen atoms in total. The molecule has 138 valence electrons. The maximum Gasteiger partial charge on any atom is 0.231 e. The molecule has 1 aliphatic carbocycles. The van der Waals surface area contributed by atoms with Crippen LogP contribution in [0.15, 0.2) is 47.7 Å².